The van der Waals surface area contributed by atoms with Gasteiger partial charge in [-0.2, -0.15) is 0 Å². The molecule has 104 valence electrons. The molecule has 0 radical (unpaired) electrons. The molecule has 0 saturated carbocycles. The molecular formula is C13H24N2O3. The van der Waals surface area contributed by atoms with Crippen LogP contribution in [0.3, 0.4) is 0 Å². The zero-order valence-corrected chi connectivity index (χ0v) is 11.5. The SMILES string of the molecule is CCCC1(C(=O)N(C)C(CC)C(=O)O)CCNC1. The summed E-state index contributed by atoms with van der Waals surface area (Å²) < 4.78 is 0. The van der Waals surface area contributed by atoms with Gasteiger partial charge < -0.3 is 15.3 Å². The minimum absolute atomic E-state index is 0.0244. The smallest absolute Gasteiger partial charge is 0.326 e. The number of nitrogens with zero attached hydrogens (tertiary/aromatic N) is 1. The van der Waals surface area contributed by atoms with Crippen LogP contribution in [-0.2, 0) is 9.59 Å². The maximum absolute atomic E-state index is 12.6. The number of amides is 1. The first-order valence-electron chi connectivity index (χ1n) is 6.69. The summed E-state index contributed by atoms with van der Waals surface area (Å²) in [7, 11) is 1.61. The Kier molecular flexibility index (Phi) is 5.14. The van der Waals surface area contributed by atoms with Gasteiger partial charge in [-0.05, 0) is 25.8 Å². The van der Waals surface area contributed by atoms with E-state index in [1.165, 1.54) is 4.90 Å². The van der Waals surface area contributed by atoms with Gasteiger partial charge in [-0.25, -0.2) is 4.79 Å². The quantitative estimate of drug-likeness (QED) is 0.746. The number of rotatable bonds is 6. The third-order valence-electron chi connectivity index (χ3n) is 3.89. The molecule has 1 saturated heterocycles. The predicted molar refractivity (Wildman–Crippen MR) is 69.3 cm³/mol. The number of carbonyl (C=O) groups excluding carboxylic acids is 1. The average molecular weight is 256 g/mol. The van der Waals surface area contributed by atoms with Crippen molar-refractivity contribution in [2.75, 3.05) is 20.1 Å². The van der Waals surface area contributed by atoms with Gasteiger partial charge in [-0.15, -0.1) is 0 Å². The molecule has 5 heteroatoms. The molecule has 0 aromatic heterocycles. The second-order valence-electron chi connectivity index (χ2n) is 5.14. The lowest BCUT2D eigenvalue weighted by molar-refractivity contribution is -0.153. The summed E-state index contributed by atoms with van der Waals surface area (Å²) in [4.78, 5) is 25.2. The van der Waals surface area contributed by atoms with E-state index in [0.29, 0.717) is 13.0 Å². The first-order chi connectivity index (χ1) is 8.48. The summed E-state index contributed by atoms with van der Waals surface area (Å²) in [5.74, 6) is -0.949. The molecule has 0 aromatic carbocycles. The second kappa shape index (κ2) is 6.18. The maximum Gasteiger partial charge on any atom is 0.326 e. The third kappa shape index (κ3) is 2.83. The molecule has 1 aliphatic rings. The van der Waals surface area contributed by atoms with Crippen LogP contribution in [0.5, 0.6) is 0 Å². The summed E-state index contributed by atoms with van der Waals surface area (Å²) in [6.07, 6.45) is 3.00. The lowest BCUT2D eigenvalue weighted by Crippen LogP contribution is -2.50. The fraction of sp³-hybridized carbons (Fsp3) is 0.846. The minimum Gasteiger partial charge on any atom is -0.480 e. The molecule has 1 rings (SSSR count). The monoisotopic (exact) mass is 256 g/mol. The van der Waals surface area contributed by atoms with E-state index in [4.69, 9.17) is 5.11 Å². The highest BCUT2D eigenvalue weighted by molar-refractivity contribution is 5.87. The van der Waals surface area contributed by atoms with Gasteiger partial charge in [0.15, 0.2) is 0 Å². The van der Waals surface area contributed by atoms with Crippen LogP contribution in [0.1, 0.15) is 39.5 Å². The van der Waals surface area contributed by atoms with Crippen LogP contribution in [0.25, 0.3) is 0 Å². The lowest BCUT2D eigenvalue weighted by atomic mass is 9.80. The van der Waals surface area contributed by atoms with Crippen molar-refractivity contribution in [3.8, 4) is 0 Å². The van der Waals surface area contributed by atoms with E-state index in [2.05, 4.69) is 12.2 Å². The van der Waals surface area contributed by atoms with Crippen LogP contribution >= 0.6 is 0 Å². The third-order valence-corrected chi connectivity index (χ3v) is 3.89. The maximum atomic E-state index is 12.6. The largest absolute Gasteiger partial charge is 0.480 e. The van der Waals surface area contributed by atoms with E-state index in [1.807, 2.05) is 0 Å². The highest BCUT2D eigenvalue weighted by Crippen LogP contribution is 2.33. The lowest BCUT2D eigenvalue weighted by Gasteiger charge is -2.34. The van der Waals surface area contributed by atoms with E-state index < -0.39 is 17.4 Å². The zero-order chi connectivity index (χ0) is 13.8. The molecule has 2 atom stereocenters. The summed E-state index contributed by atoms with van der Waals surface area (Å²) in [6, 6.07) is -0.716. The Bertz CT molecular complexity index is 311. The number of aliphatic carboxylic acids is 1. The van der Waals surface area contributed by atoms with Crippen LogP contribution in [0.2, 0.25) is 0 Å². The fourth-order valence-corrected chi connectivity index (χ4v) is 2.85. The average Bonchev–Trinajstić information content (AvgIpc) is 2.78. The van der Waals surface area contributed by atoms with Crippen molar-refractivity contribution in [1.29, 1.82) is 0 Å². The molecule has 0 aromatic rings. The fourth-order valence-electron chi connectivity index (χ4n) is 2.85. The van der Waals surface area contributed by atoms with E-state index >= 15 is 0 Å². The number of carboxylic acid groups (broad SMARTS) is 1. The molecule has 2 N–H and O–H groups in total. The Labute approximate surface area is 109 Å². The van der Waals surface area contributed by atoms with Crippen molar-refractivity contribution >= 4 is 11.9 Å². The van der Waals surface area contributed by atoms with Crippen LogP contribution in [0.4, 0.5) is 0 Å². The van der Waals surface area contributed by atoms with E-state index in [0.717, 1.165) is 25.8 Å². The van der Waals surface area contributed by atoms with Crippen molar-refractivity contribution in [2.45, 2.75) is 45.6 Å². The Balaban J connectivity index is 2.86. The van der Waals surface area contributed by atoms with Crippen LogP contribution in [0.15, 0.2) is 0 Å². The number of carbonyl (C=O) groups is 2. The molecule has 1 aliphatic heterocycles. The van der Waals surface area contributed by atoms with Crippen LogP contribution in [-0.4, -0.2) is 48.1 Å². The van der Waals surface area contributed by atoms with Gasteiger partial charge in [0.1, 0.15) is 6.04 Å². The standard InChI is InChI=1S/C13H24N2O3/c1-4-6-13(7-8-14-9-13)12(18)15(3)10(5-2)11(16)17/h10,14H,4-9H2,1-3H3,(H,16,17). The van der Waals surface area contributed by atoms with Crippen molar-refractivity contribution in [2.24, 2.45) is 5.41 Å². The van der Waals surface area contributed by atoms with E-state index in [1.54, 1.807) is 14.0 Å². The molecule has 0 bridgehead atoms. The van der Waals surface area contributed by atoms with Crippen molar-refractivity contribution in [3.05, 3.63) is 0 Å². The Morgan fingerprint density at radius 2 is 2.11 bits per heavy atom. The molecule has 5 nitrogen and oxygen atoms in total. The first kappa shape index (κ1) is 15.0. The molecule has 1 heterocycles. The van der Waals surface area contributed by atoms with Gasteiger partial charge in [0.25, 0.3) is 0 Å². The molecular weight excluding hydrogens is 232 g/mol. The second-order valence-corrected chi connectivity index (χ2v) is 5.14. The normalized spacial score (nSPS) is 24.8. The summed E-state index contributed by atoms with van der Waals surface area (Å²) >= 11 is 0. The van der Waals surface area contributed by atoms with Gasteiger partial charge >= 0.3 is 5.97 Å². The van der Waals surface area contributed by atoms with E-state index in [9.17, 15) is 9.59 Å². The van der Waals surface area contributed by atoms with Crippen LogP contribution in [0, 0.1) is 5.41 Å². The first-order valence-corrected chi connectivity index (χ1v) is 6.69. The molecule has 1 amide bonds. The van der Waals surface area contributed by atoms with Crippen LogP contribution < -0.4 is 5.32 Å². The zero-order valence-electron chi connectivity index (χ0n) is 11.5. The van der Waals surface area contributed by atoms with Gasteiger partial charge in [0.2, 0.25) is 5.91 Å². The van der Waals surface area contributed by atoms with Crippen molar-refractivity contribution in [1.82, 2.24) is 10.2 Å². The Morgan fingerprint density at radius 3 is 2.50 bits per heavy atom. The minimum atomic E-state index is -0.925. The number of likely N-dealkylation sites (N-methyl/N-ethyl adjacent to an activating group) is 1. The molecule has 2 unspecified atom stereocenters. The number of nitrogens with one attached hydrogen (secondary N) is 1. The molecule has 0 aliphatic carbocycles. The number of hydrogen-bond donors (Lipinski definition) is 2. The van der Waals surface area contributed by atoms with Gasteiger partial charge in [0.05, 0.1) is 5.41 Å². The van der Waals surface area contributed by atoms with Crippen molar-refractivity contribution in [3.63, 3.8) is 0 Å². The molecule has 0 spiro atoms. The summed E-state index contributed by atoms with van der Waals surface area (Å²) in [5.41, 5.74) is -0.396. The Hall–Kier alpha value is -1.10. The number of carboxylic acids is 1. The van der Waals surface area contributed by atoms with E-state index in [-0.39, 0.29) is 5.91 Å². The number of hydrogen-bond acceptors (Lipinski definition) is 3. The van der Waals surface area contributed by atoms with Gasteiger partial charge in [-0.1, -0.05) is 20.3 Å². The van der Waals surface area contributed by atoms with Crippen molar-refractivity contribution < 1.29 is 14.7 Å². The topological polar surface area (TPSA) is 69.6 Å². The summed E-state index contributed by atoms with van der Waals surface area (Å²) in [5, 5.41) is 12.4. The summed E-state index contributed by atoms with van der Waals surface area (Å²) in [6.45, 7) is 5.35. The highest BCUT2D eigenvalue weighted by Gasteiger charge is 2.43. The van der Waals surface area contributed by atoms with Gasteiger partial charge in [-0.3, -0.25) is 4.79 Å². The molecule has 18 heavy (non-hydrogen) atoms. The van der Waals surface area contributed by atoms with Gasteiger partial charge in [0, 0.05) is 13.6 Å². The molecule has 1 fully saturated rings. The predicted octanol–water partition coefficient (Wildman–Crippen LogP) is 1.09. The highest BCUT2D eigenvalue weighted by atomic mass is 16.4. The Morgan fingerprint density at radius 1 is 1.44 bits per heavy atom.